The molecule has 0 radical (unpaired) electrons. The van der Waals surface area contributed by atoms with Gasteiger partial charge >= 0.3 is 0 Å². The number of likely N-dealkylation sites (tertiary alicyclic amines) is 1. The Balaban J connectivity index is 1.42. The minimum absolute atomic E-state index is 0.0229. The molecular formula is C21H22N6O. The summed E-state index contributed by atoms with van der Waals surface area (Å²) in [6.45, 7) is 5.28. The van der Waals surface area contributed by atoms with E-state index in [4.69, 9.17) is 4.98 Å². The predicted octanol–water partition coefficient (Wildman–Crippen LogP) is 3.24. The molecular weight excluding hydrogens is 352 g/mol. The Kier molecular flexibility index (Phi) is 3.89. The molecule has 1 aliphatic rings. The second kappa shape index (κ2) is 6.44. The molecule has 1 N–H and O–H groups in total. The van der Waals surface area contributed by atoms with Crippen molar-refractivity contribution < 1.29 is 4.79 Å². The number of nitrogens with one attached hydrogen (secondary N) is 1. The van der Waals surface area contributed by atoms with Crippen LogP contribution in [0.15, 0.2) is 36.4 Å². The van der Waals surface area contributed by atoms with Gasteiger partial charge in [0.25, 0.3) is 5.91 Å². The molecule has 5 rings (SSSR count). The van der Waals surface area contributed by atoms with Crippen LogP contribution in [-0.4, -0.2) is 48.5 Å². The van der Waals surface area contributed by atoms with E-state index in [0.717, 1.165) is 47.6 Å². The van der Waals surface area contributed by atoms with Crippen molar-refractivity contribution in [2.24, 2.45) is 0 Å². The molecule has 0 aliphatic carbocycles. The first-order valence-corrected chi connectivity index (χ1v) is 9.66. The molecule has 1 fully saturated rings. The molecule has 4 aromatic rings. The fourth-order valence-electron chi connectivity index (χ4n) is 4.06. The summed E-state index contributed by atoms with van der Waals surface area (Å²) in [5.74, 6) is 1.15. The Hall–Kier alpha value is -3.22. The second-order valence-electron chi connectivity index (χ2n) is 7.57. The molecule has 0 spiro atoms. The van der Waals surface area contributed by atoms with E-state index in [-0.39, 0.29) is 11.8 Å². The van der Waals surface area contributed by atoms with Gasteiger partial charge in [0.05, 0.1) is 16.7 Å². The number of hydrogen-bond acceptors (Lipinski definition) is 4. The van der Waals surface area contributed by atoms with Crippen LogP contribution >= 0.6 is 0 Å². The predicted molar refractivity (Wildman–Crippen MR) is 106 cm³/mol. The van der Waals surface area contributed by atoms with Gasteiger partial charge in [0.1, 0.15) is 11.5 Å². The third-order valence-electron chi connectivity index (χ3n) is 5.45. The molecule has 7 nitrogen and oxygen atoms in total. The van der Waals surface area contributed by atoms with Crippen LogP contribution in [0.3, 0.4) is 0 Å². The summed E-state index contributed by atoms with van der Waals surface area (Å²) in [6, 6.07) is 11.8. The second-order valence-corrected chi connectivity index (χ2v) is 7.57. The molecule has 1 amide bonds. The van der Waals surface area contributed by atoms with Gasteiger partial charge in [0, 0.05) is 30.8 Å². The average Bonchev–Trinajstić information content (AvgIpc) is 3.30. The van der Waals surface area contributed by atoms with Gasteiger partial charge in [-0.25, -0.2) is 14.5 Å². The monoisotopic (exact) mass is 374 g/mol. The molecule has 1 unspecified atom stereocenters. The number of nitrogens with zero attached hydrogens (tertiary/aromatic N) is 5. The van der Waals surface area contributed by atoms with Gasteiger partial charge in [-0.15, -0.1) is 0 Å². The zero-order valence-corrected chi connectivity index (χ0v) is 16.0. The number of para-hydroxylation sites is 2. The van der Waals surface area contributed by atoms with Crippen LogP contribution in [0.25, 0.3) is 16.7 Å². The number of piperidine rings is 1. The number of aromatic nitrogens is 5. The Morgan fingerprint density at radius 1 is 1.18 bits per heavy atom. The van der Waals surface area contributed by atoms with Gasteiger partial charge in [-0.3, -0.25) is 4.79 Å². The third-order valence-corrected chi connectivity index (χ3v) is 5.45. The van der Waals surface area contributed by atoms with Crippen LogP contribution in [0.5, 0.6) is 0 Å². The van der Waals surface area contributed by atoms with E-state index in [1.165, 1.54) is 0 Å². The normalized spacial score (nSPS) is 17.5. The molecule has 4 heterocycles. The molecule has 3 aromatic heterocycles. The number of benzene rings is 1. The quantitative estimate of drug-likeness (QED) is 0.584. The highest BCUT2D eigenvalue weighted by molar-refractivity contribution is 5.93. The van der Waals surface area contributed by atoms with E-state index in [9.17, 15) is 4.79 Å². The van der Waals surface area contributed by atoms with Gasteiger partial charge in [0.2, 0.25) is 0 Å². The molecule has 142 valence electrons. The summed E-state index contributed by atoms with van der Waals surface area (Å²) in [6.07, 6.45) is 1.98. The van der Waals surface area contributed by atoms with Gasteiger partial charge < -0.3 is 9.88 Å². The third kappa shape index (κ3) is 2.83. The first-order valence-electron chi connectivity index (χ1n) is 9.66. The molecule has 28 heavy (non-hydrogen) atoms. The van der Waals surface area contributed by atoms with E-state index in [1.54, 1.807) is 4.52 Å². The van der Waals surface area contributed by atoms with Crippen molar-refractivity contribution in [3.05, 3.63) is 59.3 Å². The van der Waals surface area contributed by atoms with Crippen molar-refractivity contribution in [1.29, 1.82) is 0 Å². The van der Waals surface area contributed by atoms with Gasteiger partial charge in [0.15, 0.2) is 5.65 Å². The lowest BCUT2D eigenvalue weighted by Crippen LogP contribution is -2.39. The number of imidazole rings is 1. The standard InChI is InChI=1S/C21H22N6O/c1-13-10-19-22-18(11-14(2)27(19)25-13)21(28)26-9-5-6-15(12-26)20-23-16-7-3-4-8-17(16)24-20/h3-4,7-8,10-11,15H,5-6,9,12H2,1-2H3,(H,23,24). The highest BCUT2D eigenvalue weighted by atomic mass is 16.2. The SMILES string of the molecule is Cc1cc2nc(C(=O)N3CCCC(c4nc5ccccc5[nH]4)C3)cc(C)n2n1. The van der Waals surface area contributed by atoms with Crippen LogP contribution in [0.1, 0.15) is 46.5 Å². The number of aromatic amines is 1. The Labute approximate surface area is 162 Å². The number of fused-ring (bicyclic) bond motifs is 2. The number of H-pyrrole nitrogens is 1. The van der Waals surface area contributed by atoms with E-state index < -0.39 is 0 Å². The van der Waals surface area contributed by atoms with Crippen LogP contribution < -0.4 is 0 Å². The van der Waals surface area contributed by atoms with Crippen LogP contribution in [0.4, 0.5) is 0 Å². The maximum absolute atomic E-state index is 13.2. The van der Waals surface area contributed by atoms with Crippen molar-refractivity contribution in [2.75, 3.05) is 13.1 Å². The fraction of sp³-hybridized carbons (Fsp3) is 0.333. The molecule has 0 bridgehead atoms. The lowest BCUT2D eigenvalue weighted by molar-refractivity contribution is 0.0699. The summed E-state index contributed by atoms with van der Waals surface area (Å²) in [5.41, 5.74) is 5.01. The topological polar surface area (TPSA) is 79.2 Å². The first kappa shape index (κ1) is 16.9. The average molecular weight is 374 g/mol. The number of carbonyl (C=O) groups is 1. The van der Waals surface area contributed by atoms with E-state index in [0.29, 0.717) is 17.9 Å². The number of rotatable bonds is 2. The molecule has 1 atom stereocenters. The number of aryl methyl sites for hydroxylation is 2. The Morgan fingerprint density at radius 2 is 2.04 bits per heavy atom. The lowest BCUT2D eigenvalue weighted by atomic mass is 9.97. The minimum Gasteiger partial charge on any atom is -0.342 e. The zero-order valence-electron chi connectivity index (χ0n) is 16.0. The molecule has 0 saturated carbocycles. The largest absolute Gasteiger partial charge is 0.342 e. The van der Waals surface area contributed by atoms with Crippen LogP contribution in [-0.2, 0) is 0 Å². The molecule has 1 aromatic carbocycles. The molecule has 1 aliphatic heterocycles. The molecule has 1 saturated heterocycles. The summed E-state index contributed by atoms with van der Waals surface area (Å²) in [5, 5.41) is 4.41. The Bertz CT molecular complexity index is 1160. The first-order chi connectivity index (χ1) is 13.6. The van der Waals surface area contributed by atoms with E-state index in [1.807, 2.05) is 55.1 Å². The molecule has 7 heteroatoms. The number of carbonyl (C=O) groups excluding carboxylic acids is 1. The van der Waals surface area contributed by atoms with Crippen molar-refractivity contribution in [2.45, 2.75) is 32.6 Å². The number of amides is 1. The summed E-state index contributed by atoms with van der Waals surface area (Å²) in [7, 11) is 0. The van der Waals surface area contributed by atoms with Gasteiger partial charge in [-0.2, -0.15) is 5.10 Å². The van der Waals surface area contributed by atoms with Crippen molar-refractivity contribution in [3.63, 3.8) is 0 Å². The van der Waals surface area contributed by atoms with Gasteiger partial charge in [-0.1, -0.05) is 12.1 Å². The van der Waals surface area contributed by atoms with Gasteiger partial charge in [-0.05, 0) is 44.9 Å². The minimum atomic E-state index is -0.0229. The smallest absolute Gasteiger partial charge is 0.272 e. The lowest BCUT2D eigenvalue weighted by Gasteiger charge is -2.31. The Morgan fingerprint density at radius 3 is 2.89 bits per heavy atom. The maximum atomic E-state index is 13.2. The van der Waals surface area contributed by atoms with Crippen molar-refractivity contribution >= 4 is 22.6 Å². The summed E-state index contributed by atoms with van der Waals surface area (Å²) >= 11 is 0. The number of hydrogen-bond donors (Lipinski definition) is 1. The van der Waals surface area contributed by atoms with E-state index in [2.05, 4.69) is 15.1 Å². The van der Waals surface area contributed by atoms with Crippen molar-refractivity contribution in [3.8, 4) is 0 Å². The zero-order chi connectivity index (χ0) is 19.3. The van der Waals surface area contributed by atoms with Crippen LogP contribution in [0.2, 0.25) is 0 Å². The highest BCUT2D eigenvalue weighted by Gasteiger charge is 2.28. The fourth-order valence-corrected chi connectivity index (χ4v) is 4.06. The van der Waals surface area contributed by atoms with Crippen LogP contribution in [0, 0.1) is 13.8 Å². The summed E-state index contributed by atoms with van der Waals surface area (Å²) < 4.78 is 1.78. The van der Waals surface area contributed by atoms with Crippen molar-refractivity contribution in [1.82, 2.24) is 29.5 Å². The van der Waals surface area contributed by atoms with E-state index >= 15 is 0 Å². The maximum Gasteiger partial charge on any atom is 0.272 e. The summed E-state index contributed by atoms with van der Waals surface area (Å²) in [4.78, 5) is 27.8. The highest BCUT2D eigenvalue weighted by Crippen LogP contribution is 2.27.